The van der Waals surface area contributed by atoms with E-state index < -0.39 is 48.7 Å². The molecule has 15 heteroatoms. The van der Waals surface area contributed by atoms with E-state index in [1.54, 1.807) is 13.8 Å². The van der Waals surface area contributed by atoms with Gasteiger partial charge >= 0.3 is 11.9 Å². The van der Waals surface area contributed by atoms with Gasteiger partial charge in [0.15, 0.2) is 17.9 Å². The van der Waals surface area contributed by atoms with Gasteiger partial charge in [0.1, 0.15) is 54.9 Å². The molecule has 8 rings (SSSR count). The Morgan fingerprint density at radius 2 is 1.11 bits per heavy atom. The van der Waals surface area contributed by atoms with Crippen LogP contribution in [-0.4, -0.2) is 139 Å². The molecule has 2 aliphatic carbocycles. The van der Waals surface area contributed by atoms with Gasteiger partial charge in [0.05, 0.1) is 57.1 Å². The standard InChI is InChI=1S/C20H32O8.C19H28O7/c1-2-24-15(23)10-12-6-7-14-17(25-12)19-18(16(26-14)13(22)11-21)27-20(28-19)8-4-3-5-9-20;1-2-22-15(21)10-12-6-7-13-16(23-12)18-17(14(11-20)24-13)25-19(26-18)8-4-3-5-9-19/h12-14,16-19,21-22H,2-11H2,1H3;11-14,16-18H,2-10H2,1H3/t12-,13-,14+,16+,17+,18-,19+;12-,13+,14+,16+,17-,18+/m11/s1. The lowest BCUT2D eigenvalue weighted by molar-refractivity contribution is -0.256. The monoisotopic (exact) mass is 768 g/mol. The van der Waals surface area contributed by atoms with E-state index in [0.717, 1.165) is 70.5 Å². The molecule has 13 atom stereocenters. The number of aldehydes is 1. The van der Waals surface area contributed by atoms with Gasteiger partial charge in [-0.15, -0.1) is 0 Å². The lowest BCUT2D eigenvalue weighted by Crippen LogP contribution is -2.62. The minimum atomic E-state index is -1.03. The molecule has 0 unspecified atom stereocenters. The summed E-state index contributed by atoms with van der Waals surface area (Å²) in [7, 11) is 0. The van der Waals surface area contributed by atoms with Crippen LogP contribution in [0.4, 0.5) is 0 Å². The number of aliphatic hydroxyl groups is 2. The summed E-state index contributed by atoms with van der Waals surface area (Å²) in [6.07, 6.45) is 8.39. The van der Waals surface area contributed by atoms with Crippen LogP contribution < -0.4 is 0 Å². The molecule has 15 nitrogen and oxygen atoms in total. The average Bonchev–Trinajstić information content (AvgIpc) is 3.73. The van der Waals surface area contributed by atoms with E-state index in [-0.39, 0.29) is 73.6 Å². The Hall–Kier alpha value is -1.79. The number of aliphatic hydroxyl groups excluding tert-OH is 2. The van der Waals surface area contributed by atoms with Gasteiger partial charge in [-0.2, -0.15) is 0 Å². The number of esters is 2. The molecule has 0 radical (unpaired) electrons. The Bertz CT molecular complexity index is 1270. The van der Waals surface area contributed by atoms with Gasteiger partial charge in [-0.1, -0.05) is 12.8 Å². The fraction of sp³-hybridized carbons (Fsp3) is 0.923. The topological polar surface area (TPSA) is 184 Å². The molecular weight excluding hydrogens is 708 g/mol. The number of hydrogen-bond donors (Lipinski definition) is 2. The number of rotatable bonds is 9. The van der Waals surface area contributed by atoms with Crippen molar-refractivity contribution in [2.24, 2.45) is 0 Å². The molecule has 2 spiro atoms. The first-order chi connectivity index (χ1) is 26.2. The van der Waals surface area contributed by atoms with Gasteiger partial charge in [-0.25, -0.2) is 0 Å². The van der Waals surface area contributed by atoms with Crippen LogP contribution in [-0.2, 0) is 61.8 Å². The van der Waals surface area contributed by atoms with Crippen LogP contribution in [0.2, 0.25) is 0 Å². The molecule has 0 aromatic rings. The molecule has 306 valence electrons. The van der Waals surface area contributed by atoms with Crippen LogP contribution in [0.5, 0.6) is 0 Å². The van der Waals surface area contributed by atoms with Gasteiger partial charge in [-0.3, -0.25) is 9.59 Å². The molecule has 6 heterocycles. The van der Waals surface area contributed by atoms with Crippen molar-refractivity contribution in [2.75, 3.05) is 19.8 Å². The summed E-state index contributed by atoms with van der Waals surface area (Å²) >= 11 is 0. The highest BCUT2D eigenvalue weighted by atomic mass is 16.8. The molecule has 0 bridgehead atoms. The van der Waals surface area contributed by atoms with Crippen molar-refractivity contribution in [3.8, 4) is 0 Å². The summed E-state index contributed by atoms with van der Waals surface area (Å²) in [5.41, 5.74) is 0. The molecule has 8 aliphatic rings. The summed E-state index contributed by atoms with van der Waals surface area (Å²) in [5.74, 6) is -1.77. The molecule has 6 aliphatic heterocycles. The van der Waals surface area contributed by atoms with E-state index in [4.69, 9.17) is 47.4 Å². The SMILES string of the molecule is CCOC(=O)C[C@H]1CC[C@@H]2O[C@@H](C=O)[C@H]3OC4(CCCCC4)O[C@H]3[C@H]2O1.CCOC(=O)C[C@H]1CC[C@@H]2O[C@@H]([C@H](O)CO)[C@H]3OC4(CCCCC4)O[C@H]3[C@H]2O1. The van der Waals surface area contributed by atoms with Crippen molar-refractivity contribution in [2.45, 2.75) is 208 Å². The van der Waals surface area contributed by atoms with E-state index in [1.807, 2.05) is 0 Å². The minimum Gasteiger partial charge on any atom is -0.466 e. The third kappa shape index (κ3) is 8.70. The van der Waals surface area contributed by atoms with Crippen molar-refractivity contribution in [3.63, 3.8) is 0 Å². The van der Waals surface area contributed by atoms with Gasteiger partial charge in [0.25, 0.3) is 0 Å². The zero-order valence-electron chi connectivity index (χ0n) is 31.7. The van der Waals surface area contributed by atoms with Crippen molar-refractivity contribution in [1.82, 2.24) is 0 Å². The Kier molecular flexibility index (Phi) is 13.3. The second-order valence-electron chi connectivity index (χ2n) is 16.1. The second kappa shape index (κ2) is 17.8. The smallest absolute Gasteiger partial charge is 0.308 e. The van der Waals surface area contributed by atoms with E-state index in [2.05, 4.69) is 0 Å². The molecule has 0 aromatic heterocycles. The van der Waals surface area contributed by atoms with Crippen molar-refractivity contribution < 1.29 is 72.0 Å². The van der Waals surface area contributed by atoms with Crippen LogP contribution in [0.1, 0.15) is 117 Å². The average molecular weight is 769 g/mol. The van der Waals surface area contributed by atoms with E-state index >= 15 is 0 Å². The zero-order valence-corrected chi connectivity index (χ0v) is 31.7. The van der Waals surface area contributed by atoms with Crippen molar-refractivity contribution in [3.05, 3.63) is 0 Å². The number of carbonyl (C=O) groups excluding carboxylic acids is 3. The number of ether oxygens (including phenoxy) is 10. The normalized spacial score (nSPS) is 40.9. The first kappa shape index (κ1) is 40.4. The van der Waals surface area contributed by atoms with Crippen LogP contribution in [0.25, 0.3) is 0 Å². The lowest BCUT2D eigenvalue weighted by Gasteiger charge is -2.47. The first-order valence-corrected chi connectivity index (χ1v) is 20.6. The number of hydrogen-bond acceptors (Lipinski definition) is 15. The molecular formula is C39H60O15. The first-order valence-electron chi connectivity index (χ1n) is 20.6. The number of fused-ring (bicyclic) bond motifs is 6. The van der Waals surface area contributed by atoms with Gasteiger partial charge in [0.2, 0.25) is 0 Å². The lowest BCUT2D eigenvalue weighted by atomic mass is 9.87. The highest BCUT2D eigenvalue weighted by molar-refractivity contribution is 5.70. The quantitative estimate of drug-likeness (QED) is 0.258. The maximum atomic E-state index is 11.9. The van der Waals surface area contributed by atoms with Crippen LogP contribution in [0.3, 0.4) is 0 Å². The fourth-order valence-corrected chi connectivity index (χ4v) is 9.83. The predicted molar refractivity (Wildman–Crippen MR) is 186 cm³/mol. The van der Waals surface area contributed by atoms with Gasteiger partial charge < -0.3 is 62.4 Å². The van der Waals surface area contributed by atoms with E-state index in [0.29, 0.717) is 32.5 Å². The Balaban J connectivity index is 0.000000167. The second-order valence-corrected chi connectivity index (χ2v) is 16.1. The van der Waals surface area contributed by atoms with Gasteiger partial charge in [-0.05, 0) is 65.2 Å². The summed E-state index contributed by atoms with van der Waals surface area (Å²) in [6, 6.07) is 0. The fourth-order valence-electron chi connectivity index (χ4n) is 9.83. The molecule has 6 saturated heterocycles. The van der Waals surface area contributed by atoms with E-state index in [1.165, 1.54) is 6.42 Å². The summed E-state index contributed by atoms with van der Waals surface area (Å²) < 4.78 is 60.1. The largest absolute Gasteiger partial charge is 0.466 e. The van der Waals surface area contributed by atoms with Crippen LogP contribution in [0.15, 0.2) is 0 Å². The Morgan fingerprint density at radius 1 is 0.648 bits per heavy atom. The predicted octanol–water partition coefficient (Wildman–Crippen LogP) is 2.95. The highest BCUT2D eigenvalue weighted by Crippen LogP contribution is 2.49. The molecule has 54 heavy (non-hydrogen) atoms. The van der Waals surface area contributed by atoms with Crippen LogP contribution in [0, 0.1) is 0 Å². The molecule has 8 fully saturated rings. The molecule has 0 aromatic carbocycles. The summed E-state index contributed by atoms with van der Waals surface area (Å²) in [4.78, 5) is 35.2. The zero-order chi connectivity index (χ0) is 37.9. The Labute approximate surface area is 317 Å². The summed E-state index contributed by atoms with van der Waals surface area (Å²) in [5, 5.41) is 19.8. The van der Waals surface area contributed by atoms with E-state index in [9.17, 15) is 24.6 Å². The third-order valence-electron chi connectivity index (χ3n) is 12.3. The maximum absolute atomic E-state index is 11.9. The van der Waals surface area contributed by atoms with Crippen molar-refractivity contribution in [1.29, 1.82) is 0 Å². The molecule has 2 N–H and O–H groups in total. The third-order valence-corrected chi connectivity index (χ3v) is 12.3. The maximum Gasteiger partial charge on any atom is 0.308 e. The highest BCUT2D eigenvalue weighted by Gasteiger charge is 2.61. The van der Waals surface area contributed by atoms with Crippen LogP contribution >= 0.6 is 0 Å². The van der Waals surface area contributed by atoms with Gasteiger partial charge in [0, 0.05) is 25.7 Å². The molecule has 0 amide bonds. The Morgan fingerprint density at radius 3 is 1.59 bits per heavy atom. The number of carbonyl (C=O) groups is 3. The van der Waals surface area contributed by atoms with Crippen molar-refractivity contribution >= 4 is 18.2 Å². The molecule has 2 saturated carbocycles. The summed E-state index contributed by atoms with van der Waals surface area (Å²) in [6.45, 7) is 3.91. The minimum absolute atomic E-state index is 0.202.